The second kappa shape index (κ2) is 9.08. The number of nitrogens with one attached hydrogen (secondary N) is 1. The number of thiazole rings is 1. The summed E-state index contributed by atoms with van der Waals surface area (Å²) in [6.45, 7) is 1.89. The monoisotopic (exact) mass is 487 g/mol. The molecule has 0 radical (unpaired) electrons. The largest absolute Gasteiger partial charge is 0.478 e. The molecule has 0 aliphatic heterocycles. The predicted molar refractivity (Wildman–Crippen MR) is 135 cm³/mol. The molecule has 0 amide bonds. The highest BCUT2D eigenvalue weighted by atomic mass is 32.2. The summed E-state index contributed by atoms with van der Waals surface area (Å²) >= 11 is 2.82. The first-order valence-corrected chi connectivity index (χ1v) is 11.8. The zero-order chi connectivity index (χ0) is 23.7. The Labute approximate surface area is 201 Å². The van der Waals surface area contributed by atoms with E-state index in [2.05, 4.69) is 15.5 Å². The van der Waals surface area contributed by atoms with Gasteiger partial charge in [-0.05, 0) is 54.6 Å². The number of hydrogen-bond donors (Lipinski definition) is 2. The molecule has 0 spiro atoms. The molecule has 168 valence electrons. The van der Waals surface area contributed by atoms with Gasteiger partial charge in [-0.3, -0.25) is 14.6 Å². The number of hydrogen-bond acceptors (Lipinski definition) is 8. The number of carboxylic acid groups (broad SMARTS) is 1. The molecule has 8 nitrogen and oxygen atoms in total. The Balaban J connectivity index is 1.58. The molecule has 0 fully saturated rings. The SMILES string of the molecule is Cc1cccn2c(=O)c(C=NNc3ccccc3C(=O)O)c(Sc3nc4ccccc4s3)nc12. The van der Waals surface area contributed by atoms with Crippen molar-refractivity contribution >= 4 is 56.8 Å². The Kier molecular flexibility index (Phi) is 5.83. The van der Waals surface area contributed by atoms with Crippen LogP contribution in [0.15, 0.2) is 86.1 Å². The summed E-state index contributed by atoms with van der Waals surface area (Å²) in [5.74, 6) is -1.08. The van der Waals surface area contributed by atoms with Crippen LogP contribution in [-0.2, 0) is 0 Å². The molecule has 0 saturated carbocycles. The molecule has 0 atom stereocenters. The number of aromatic nitrogens is 3. The number of fused-ring (bicyclic) bond motifs is 2. The van der Waals surface area contributed by atoms with Crippen LogP contribution >= 0.6 is 23.1 Å². The van der Waals surface area contributed by atoms with Crippen LogP contribution in [-0.4, -0.2) is 31.7 Å². The summed E-state index contributed by atoms with van der Waals surface area (Å²) in [6, 6.07) is 17.9. The minimum atomic E-state index is -1.08. The average molecular weight is 488 g/mol. The summed E-state index contributed by atoms with van der Waals surface area (Å²) in [4.78, 5) is 34.2. The van der Waals surface area contributed by atoms with Crippen LogP contribution in [0.4, 0.5) is 5.69 Å². The zero-order valence-corrected chi connectivity index (χ0v) is 19.4. The molecule has 0 saturated heterocycles. The summed E-state index contributed by atoms with van der Waals surface area (Å²) in [5, 5.41) is 14.0. The highest BCUT2D eigenvalue weighted by Crippen LogP contribution is 2.34. The Morgan fingerprint density at radius 2 is 1.91 bits per heavy atom. The van der Waals surface area contributed by atoms with E-state index in [1.807, 2.05) is 37.3 Å². The van der Waals surface area contributed by atoms with Gasteiger partial charge in [0, 0.05) is 6.20 Å². The molecule has 0 unspecified atom stereocenters. The maximum atomic E-state index is 13.4. The number of rotatable bonds is 6. The van der Waals surface area contributed by atoms with Crippen LogP contribution in [0, 0.1) is 6.92 Å². The van der Waals surface area contributed by atoms with E-state index in [0.717, 1.165) is 20.1 Å². The lowest BCUT2D eigenvalue weighted by Crippen LogP contribution is -2.21. The first kappa shape index (κ1) is 21.8. The molecule has 0 bridgehead atoms. The fourth-order valence-corrected chi connectivity index (χ4v) is 5.45. The van der Waals surface area contributed by atoms with Gasteiger partial charge in [0.25, 0.3) is 5.56 Å². The van der Waals surface area contributed by atoms with E-state index in [1.54, 1.807) is 30.5 Å². The Hall–Kier alpha value is -4.02. The van der Waals surface area contributed by atoms with Crippen LogP contribution < -0.4 is 11.0 Å². The number of anilines is 1. The third-order valence-electron chi connectivity index (χ3n) is 5.04. The van der Waals surface area contributed by atoms with Gasteiger partial charge in [-0.1, -0.05) is 30.3 Å². The minimum absolute atomic E-state index is 0.0766. The van der Waals surface area contributed by atoms with E-state index in [-0.39, 0.29) is 16.7 Å². The topological polar surface area (TPSA) is 109 Å². The molecule has 0 aliphatic carbocycles. The number of aryl methyl sites for hydroxylation is 1. The van der Waals surface area contributed by atoms with Gasteiger partial charge in [0.15, 0.2) is 4.34 Å². The maximum absolute atomic E-state index is 13.4. The second-order valence-corrected chi connectivity index (χ2v) is 9.56. The molecule has 2 N–H and O–H groups in total. The molecule has 0 aliphatic rings. The summed E-state index contributed by atoms with van der Waals surface area (Å²) < 4.78 is 3.27. The van der Waals surface area contributed by atoms with Gasteiger partial charge >= 0.3 is 5.97 Å². The van der Waals surface area contributed by atoms with Crippen LogP contribution in [0.5, 0.6) is 0 Å². The molecule has 34 heavy (non-hydrogen) atoms. The predicted octanol–water partition coefficient (Wildman–Crippen LogP) is 4.91. The number of pyridine rings is 1. The highest BCUT2D eigenvalue weighted by molar-refractivity contribution is 8.01. The van der Waals surface area contributed by atoms with Crippen molar-refractivity contribution in [1.82, 2.24) is 14.4 Å². The first-order chi connectivity index (χ1) is 16.5. The Morgan fingerprint density at radius 3 is 2.74 bits per heavy atom. The van der Waals surface area contributed by atoms with Crippen molar-refractivity contribution in [3.8, 4) is 0 Å². The van der Waals surface area contributed by atoms with E-state index < -0.39 is 5.97 Å². The van der Waals surface area contributed by atoms with Gasteiger partial charge in [-0.2, -0.15) is 5.10 Å². The van der Waals surface area contributed by atoms with E-state index in [9.17, 15) is 14.7 Å². The molecule has 5 aromatic rings. The van der Waals surface area contributed by atoms with Gasteiger partial charge in [0.1, 0.15) is 10.7 Å². The van der Waals surface area contributed by atoms with Gasteiger partial charge in [-0.25, -0.2) is 14.8 Å². The van der Waals surface area contributed by atoms with Crippen LogP contribution in [0.3, 0.4) is 0 Å². The van der Waals surface area contributed by atoms with Crippen molar-refractivity contribution in [2.45, 2.75) is 16.3 Å². The molecule has 2 aromatic carbocycles. The standard InChI is InChI=1S/C24H17N5O3S2/c1-14-7-6-12-29-20(14)27-21(34-24-26-18-10-4-5-11-19(18)33-24)16(22(29)30)13-25-28-17-9-3-2-8-15(17)23(31)32/h2-13,28H,1H3,(H,31,32). The molecular weight excluding hydrogens is 470 g/mol. The van der Waals surface area contributed by atoms with Crippen molar-refractivity contribution in [2.24, 2.45) is 5.10 Å². The lowest BCUT2D eigenvalue weighted by Gasteiger charge is -2.09. The molecule has 3 aromatic heterocycles. The normalized spacial score (nSPS) is 11.4. The number of aromatic carboxylic acids is 1. The van der Waals surface area contributed by atoms with Crippen molar-refractivity contribution in [2.75, 3.05) is 5.43 Å². The minimum Gasteiger partial charge on any atom is -0.478 e. The number of para-hydroxylation sites is 2. The first-order valence-electron chi connectivity index (χ1n) is 10.2. The van der Waals surface area contributed by atoms with Gasteiger partial charge < -0.3 is 5.11 Å². The van der Waals surface area contributed by atoms with E-state index in [1.165, 1.54) is 39.8 Å². The van der Waals surface area contributed by atoms with E-state index in [4.69, 9.17) is 4.98 Å². The summed E-state index contributed by atoms with van der Waals surface area (Å²) in [6.07, 6.45) is 3.03. The molecule has 10 heteroatoms. The summed E-state index contributed by atoms with van der Waals surface area (Å²) in [7, 11) is 0. The zero-order valence-electron chi connectivity index (χ0n) is 17.8. The van der Waals surface area contributed by atoms with Crippen molar-refractivity contribution in [1.29, 1.82) is 0 Å². The fraction of sp³-hybridized carbons (Fsp3) is 0.0417. The number of nitrogens with zero attached hydrogens (tertiary/aromatic N) is 4. The Bertz CT molecular complexity index is 1610. The van der Waals surface area contributed by atoms with E-state index in [0.29, 0.717) is 16.4 Å². The Morgan fingerprint density at radius 1 is 1.12 bits per heavy atom. The smallest absolute Gasteiger partial charge is 0.337 e. The second-order valence-electron chi connectivity index (χ2n) is 7.29. The third-order valence-corrected chi connectivity index (χ3v) is 7.15. The quantitative estimate of drug-likeness (QED) is 0.199. The lowest BCUT2D eigenvalue weighted by molar-refractivity contribution is 0.0698. The number of carbonyl (C=O) groups is 1. The van der Waals surface area contributed by atoms with Crippen LogP contribution in [0.25, 0.3) is 15.9 Å². The van der Waals surface area contributed by atoms with Gasteiger partial charge in [0.2, 0.25) is 0 Å². The molecule has 5 rings (SSSR count). The van der Waals surface area contributed by atoms with Crippen molar-refractivity contribution < 1.29 is 9.90 Å². The number of hydrazone groups is 1. The summed E-state index contributed by atoms with van der Waals surface area (Å²) in [5.41, 5.74) is 5.41. The third kappa shape index (κ3) is 4.16. The van der Waals surface area contributed by atoms with Gasteiger partial charge in [0.05, 0.1) is 33.2 Å². The van der Waals surface area contributed by atoms with Gasteiger partial charge in [-0.15, -0.1) is 11.3 Å². The fourth-order valence-electron chi connectivity index (χ4n) is 3.39. The lowest BCUT2D eigenvalue weighted by atomic mass is 10.2. The number of benzene rings is 2. The molecular formula is C24H17N5O3S2. The highest BCUT2D eigenvalue weighted by Gasteiger charge is 2.16. The maximum Gasteiger partial charge on any atom is 0.337 e. The van der Waals surface area contributed by atoms with Crippen molar-refractivity contribution in [3.05, 3.63) is 93.9 Å². The average Bonchev–Trinajstić information content (AvgIpc) is 3.24. The molecule has 3 heterocycles. The van der Waals surface area contributed by atoms with Crippen LogP contribution in [0.1, 0.15) is 21.5 Å². The van der Waals surface area contributed by atoms with E-state index >= 15 is 0 Å². The van der Waals surface area contributed by atoms with Crippen LogP contribution in [0.2, 0.25) is 0 Å². The number of carboxylic acids is 1. The van der Waals surface area contributed by atoms with Crippen molar-refractivity contribution in [3.63, 3.8) is 0 Å².